The molecule has 64 valence electrons. The maximum atomic E-state index is 10.7. The highest BCUT2D eigenvalue weighted by atomic mass is 16.1. The molecule has 0 bridgehead atoms. The Morgan fingerprint density at radius 1 is 1.33 bits per heavy atom. The number of carbonyl (C=O) groups excluding carboxylic acids is 1. The molecule has 1 aliphatic rings. The molecule has 0 fully saturated rings. The molecule has 0 aromatic heterocycles. The Labute approximate surface area is 72.7 Å². The zero-order valence-electron chi connectivity index (χ0n) is 7.37. The standard InChI is InChI=1S/C10H13NO/c1-8(7-9(2)12)11-10-5-3-4-6-10/h3-7,10-11H,1-2H3. The van der Waals surface area contributed by atoms with Crippen LogP contribution in [0.4, 0.5) is 0 Å². The van der Waals surface area contributed by atoms with E-state index >= 15 is 0 Å². The third kappa shape index (κ3) is 2.74. The lowest BCUT2D eigenvalue weighted by Crippen LogP contribution is -2.22. The molecule has 1 N–H and O–H groups in total. The molecular weight excluding hydrogens is 150 g/mol. The van der Waals surface area contributed by atoms with E-state index in [-0.39, 0.29) is 11.8 Å². The topological polar surface area (TPSA) is 29.1 Å². The van der Waals surface area contributed by atoms with Gasteiger partial charge in [0.2, 0.25) is 0 Å². The molecule has 0 radical (unpaired) electrons. The monoisotopic (exact) mass is 163 g/mol. The number of ketones is 1. The predicted molar refractivity (Wildman–Crippen MR) is 49.6 cm³/mol. The van der Waals surface area contributed by atoms with E-state index in [1.807, 2.05) is 31.2 Å². The Balaban J connectivity index is 2.45. The predicted octanol–water partition coefficient (Wildman–Crippen LogP) is 1.56. The third-order valence-corrected chi connectivity index (χ3v) is 1.56. The molecule has 0 amide bonds. The molecule has 0 unspecified atom stereocenters. The highest BCUT2D eigenvalue weighted by molar-refractivity contribution is 5.87. The Hall–Kier alpha value is -1.31. The Bertz CT molecular complexity index is 249. The van der Waals surface area contributed by atoms with Gasteiger partial charge in [-0.15, -0.1) is 0 Å². The summed E-state index contributed by atoms with van der Waals surface area (Å²) in [6, 6.07) is 0.251. The largest absolute Gasteiger partial charge is 0.379 e. The quantitative estimate of drug-likeness (QED) is 0.640. The van der Waals surface area contributed by atoms with E-state index in [0.29, 0.717) is 0 Å². The summed E-state index contributed by atoms with van der Waals surface area (Å²) < 4.78 is 0. The number of hydrogen-bond acceptors (Lipinski definition) is 2. The van der Waals surface area contributed by atoms with Gasteiger partial charge in [-0.25, -0.2) is 0 Å². The normalized spacial score (nSPS) is 17.0. The van der Waals surface area contributed by atoms with E-state index in [2.05, 4.69) is 5.32 Å². The molecular formula is C10H13NO. The molecule has 1 rings (SSSR count). The minimum absolute atomic E-state index is 0.0750. The molecule has 0 saturated carbocycles. The molecule has 1 aliphatic carbocycles. The van der Waals surface area contributed by atoms with Gasteiger partial charge in [-0.3, -0.25) is 4.79 Å². The van der Waals surface area contributed by atoms with Crippen molar-refractivity contribution in [2.45, 2.75) is 19.9 Å². The number of rotatable bonds is 3. The summed E-state index contributed by atoms with van der Waals surface area (Å²) >= 11 is 0. The lowest BCUT2D eigenvalue weighted by molar-refractivity contribution is -0.112. The zero-order valence-corrected chi connectivity index (χ0v) is 7.37. The van der Waals surface area contributed by atoms with Crippen molar-refractivity contribution in [1.29, 1.82) is 0 Å². The molecule has 0 spiro atoms. The van der Waals surface area contributed by atoms with E-state index in [4.69, 9.17) is 0 Å². The first-order valence-corrected chi connectivity index (χ1v) is 3.99. The first-order chi connectivity index (χ1) is 5.68. The van der Waals surface area contributed by atoms with E-state index in [0.717, 1.165) is 5.70 Å². The first-order valence-electron chi connectivity index (χ1n) is 3.99. The summed E-state index contributed by atoms with van der Waals surface area (Å²) in [4.78, 5) is 10.7. The Kier molecular flexibility index (Phi) is 2.86. The molecule has 2 heteroatoms. The van der Waals surface area contributed by atoms with Gasteiger partial charge in [0, 0.05) is 5.70 Å². The van der Waals surface area contributed by atoms with Gasteiger partial charge in [0.25, 0.3) is 0 Å². The van der Waals surface area contributed by atoms with Crippen LogP contribution in [0.1, 0.15) is 13.8 Å². The lowest BCUT2D eigenvalue weighted by Gasteiger charge is -2.09. The molecule has 0 aromatic carbocycles. The minimum atomic E-state index is 0.0750. The molecule has 2 nitrogen and oxygen atoms in total. The second-order valence-corrected chi connectivity index (χ2v) is 2.88. The lowest BCUT2D eigenvalue weighted by atomic mass is 10.3. The van der Waals surface area contributed by atoms with Gasteiger partial charge < -0.3 is 5.32 Å². The summed E-state index contributed by atoms with van der Waals surface area (Å²) in [5.41, 5.74) is 0.906. The minimum Gasteiger partial charge on any atom is -0.379 e. The van der Waals surface area contributed by atoms with Gasteiger partial charge in [-0.2, -0.15) is 0 Å². The van der Waals surface area contributed by atoms with Crippen LogP contribution >= 0.6 is 0 Å². The highest BCUT2D eigenvalue weighted by Crippen LogP contribution is 2.01. The molecule has 0 saturated heterocycles. The van der Waals surface area contributed by atoms with Crippen molar-refractivity contribution in [3.63, 3.8) is 0 Å². The molecule has 12 heavy (non-hydrogen) atoms. The van der Waals surface area contributed by atoms with Crippen LogP contribution in [0.3, 0.4) is 0 Å². The summed E-state index contributed by atoms with van der Waals surface area (Å²) in [7, 11) is 0. The number of carbonyl (C=O) groups is 1. The van der Waals surface area contributed by atoms with E-state index in [1.54, 1.807) is 13.0 Å². The van der Waals surface area contributed by atoms with Gasteiger partial charge in [-0.05, 0) is 19.9 Å². The molecule has 0 aliphatic heterocycles. The Morgan fingerprint density at radius 3 is 2.42 bits per heavy atom. The second-order valence-electron chi connectivity index (χ2n) is 2.88. The summed E-state index contributed by atoms with van der Waals surface area (Å²) in [5.74, 6) is 0.0750. The van der Waals surface area contributed by atoms with Crippen LogP contribution < -0.4 is 5.32 Å². The van der Waals surface area contributed by atoms with Gasteiger partial charge in [0.1, 0.15) is 0 Å². The van der Waals surface area contributed by atoms with Crippen molar-refractivity contribution < 1.29 is 4.79 Å². The van der Waals surface area contributed by atoms with Crippen molar-refractivity contribution in [2.75, 3.05) is 0 Å². The van der Waals surface area contributed by atoms with Crippen molar-refractivity contribution >= 4 is 5.78 Å². The van der Waals surface area contributed by atoms with Crippen LogP contribution in [-0.4, -0.2) is 11.8 Å². The van der Waals surface area contributed by atoms with Crippen LogP contribution in [0.15, 0.2) is 36.1 Å². The maximum Gasteiger partial charge on any atom is 0.154 e. The van der Waals surface area contributed by atoms with E-state index in [9.17, 15) is 4.79 Å². The SMILES string of the molecule is CC(=O)C=C(C)NC1C=CC=C1. The van der Waals surface area contributed by atoms with Crippen molar-refractivity contribution in [3.8, 4) is 0 Å². The van der Waals surface area contributed by atoms with Crippen molar-refractivity contribution in [3.05, 3.63) is 36.1 Å². The average Bonchev–Trinajstić information content (AvgIpc) is 2.37. The number of nitrogens with one attached hydrogen (secondary N) is 1. The first kappa shape index (κ1) is 8.78. The Morgan fingerprint density at radius 2 is 1.92 bits per heavy atom. The van der Waals surface area contributed by atoms with Crippen LogP contribution in [0.5, 0.6) is 0 Å². The fourth-order valence-corrected chi connectivity index (χ4v) is 1.14. The molecule has 0 atom stereocenters. The summed E-state index contributed by atoms with van der Waals surface area (Å²) in [6.07, 6.45) is 9.65. The third-order valence-electron chi connectivity index (χ3n) is 1.56. The number of hydrogen-bond donors (Lipinski definition) is 1. The van der Waals surface area contributed by atoms with Crippen LogP contribution in [-0.2, 0) is 4.79 Å². The van der Waals surface area contributed by atoms with Gasteiger partial charge in [-0.1, -0.05) is 24.3 Å². The highest BCUT2D eigenvalue weighted by Gasteiger charge is 2.01. The zero-order chi connectivity index (χ0) is 8.97. The van der Waals surface area contributed by atoms with Crippen LogP contribution in [0.2, 0.25) is 0 Å². The van der Waals surface area contributed by atoms with Gasteiger partial charge in [0.15, 0.2) is 5.78 Å². The maximum absolute atomic E-state index is 10.7. The van der Waals surface area contributed by atoms with Crippen LogP contribution in [0, 0.1) is 0 Å². The molecule has 0 heterocycles. The van der Waals surface area contributed by atoms with Crippen molar-refractivity contribution in [2.24, 2.45) is 0 Å². The number of allylic oxidation sites excluding steroid dienone is 4. The average molecular weight is 163 g/mol. The summed E-state index contributed by atoms with van der Waals surface area (Å²) in [5, 5.41) is 3.18. The fourth-order valence-electron chi connectivity index (χ4n) is 1.14. The van der Waals surface area contributed by atoms with E-state index in [1.165, 1.54) is 0 Å². The molecule has 0 aromatic rings. The summed E-state index contributed by atoms with van der Waals surface area (Å²) in [6.45, 7) is 3.44. The van der Waals surface area contributed by atoms with E-state index < -0.39 is 0 Å². The second kappa shape index (κ2) is 3.90. The van der Waals surface area contributed by atoms with Crippen LogP contribution in [0.25, 0.3) is 0 Å². The smallest absolute Gasteiger partial charge is 0.154 e. The van der Waals surface area contributed by atoms with Crippen molar-refractivity contribution in [1.82, 2.24) is 5.32 Å². The fraction of sp³-hybridized carbons (Fsp3) is 0.300. The van der Waals surface area contributed by atoms with Gasteiger partial charge >= 0.3 is 0 Å². The van der Waals surface area contributed by atoms with Gasteiger partial charge in [0.05, 0.1) is 6.04 Å².